The molecule has 10 nitrogen and oxygen atoms in total. The zero-order valence-corrected chi connectivity index (χ0v) is 21.9. The lowest BCUT2D eigenvalue weighted by Crippen LogP contribution is -2.45. The number of rotatable bonds is 5. The smallest absolute Gasteiger partial charge is 0.275 e. The number of ether oxygens (including phenoxy) is 1. The molecule has 0 bridgehead atoms. The third kappa shape index (κ3) is 4.53. The number of benzene rings is 2. The molecule has 0 saturated carbocycles. The predicted octanol–water partition coefficient (Wildman–Crippen LogP) is 2.30. The van der Waals surface area contributed by atoms with E-state index < -0.39 is 17.2 Å². The lowest BCUT2D eigenvalue weighted by Gasteiger charge is -2.37. The maximum absolute atomic E-state index is 15.5. The zero-order valence-electron chi connectivity index (χ0n) is 21.9. The van der Waals surface area contributed by atoms with Crippen LogP contribution in [0.5, 0.6) is 5.75 Å². The zero-order chi connectivity index (χ0) is 27.1. The second kappa shape index (κ2) is 9.97. The van der Waals surface area contributed by atoms with Crippen LogP contribution in [0, 0.1) is 5.82 Å². The molecule has 1 atom stereocenters. The van der Waals surface area contributed by atoms with Crippen LogP contribution >= 0.6 is 0 Å². The van der Waals surface area contributed by atoms with Crippen LogP contribution in [0.15, 0.2) is 41.3 Å². The van der Waals surface area contributed by atoms with E-state index in [1.165, 1.54) is 17.2 Å². The monoisotopic (exact) mass is 522 g/mol. The van der Waals surface area contributed by atoms with Crippen LogP contribution in [-0.2, 0) is 0 Å². The first-order valence-electron chi connectivity index (χ1n) is 12.5. The number of carbonyl (C=O) groups is 2. The van der Waals surface area contributed by atoms with E-state index in [-0.39, 0.29) is 29.5 Å². The Morgan fingerprint density at radius 2 is 1.87 bits per heavy atom. The molecule has 2 N–H and O–H groups in total. The number of anilines is 2. The molecule has 1 saturated heterocycles. The first-order valence-corrected chi connectivity index (χ1v) is 12.5. The second-order valence-electron chi connectivity index (χ2n) is 10.0. The Kier molecular flexibility index (Phi) is 6.70. The van der Waals surface area contributed by atoms with Crippen LogP contribution in [0.25, 0.3) is 10.9 Å². The number of hydrogen-bond acceptors (Lipinski definition) is 7. The van der Waals surface area contributed by atoms with Crippen molar-refractivity contribution in [3.05, 3.63) is 63.7 Å². The Balaban J connectivity index is 1.49. The number of hydrogen-bond donors (Lipinski definition) is 2. The lowest BCUT2D eigenvalue weighted by molar-refractivity contribution is 0.0827. The first-order chi connectivity index (χ1) is 18.2. The SMILES string of the molecule is CC1COc2c(N3CCN(C)CC3)c(F)cc3c(=O)c(C(=O)NNc4cccc(C(=O)N(C)C)c4)cn1c23. The fraction of sp³-hybridized carbons (Fsp3) is 0.370. The summed E-state index contributed by atoms with van der Waals surface area (Å²) < 4.78 is 23.3. The Bertz CT molecular complexity index is 1480. The topological polar surface area (TPSA) is 99.1 Å². The fourth-order valence-corrected chi connectivity index (χ4v) is 4.88. The van der Waals surface area contributed by atoms with Gasteiger partial charge in [0.15, 0.2) is 11.6 Å². The molecule has 2 aromatic carbocycles. The van der Waals surface area contributed by atoms with Crippen molar-refractivity contribution < 1.29 is 18.7 Å². The highest BCUT2D eigenvalue weighted by Crippen LogP contribution is 2.42. The standard InChI is InChI=1S/C27H31FN6O4/c1-16-15-38-25-22-19(13-21(28)23(25)33-10-8-32(4)9-11-33)24(35)20(14-34(16)22)26(36)30-29-18-7-5-6-17(12-18)27(37)31(2)3/h5-7,12-14,16,29H,8-11,15H2,1-4H3,(H,30,36). The normalized spacial score (nSPS) is 17.2. The van der Waals surface area contributed by atoms with E-state index in [4.69, 9.17) is 4.74 Å². The van der Waals surface area contributed by atoms with Crippen molar-refractivity contribution >= 4 is 34.1 Å². The summed E-state index contributed by atoms with van der Waals surface area (Å²) in [7, 11) is 5.33. The van der Waals surface area contributed by atoms with Crippen molar-refractivity contribution in [3.63, 3.8) is 0 Å². The van der Waals surface area contributed by atoms with Gasteiger partial charge in [-0.3, -0.25) is 25.2 Å². The highest BCUT2D eigenvalue weighted by atomic mass is 19.1. The molecule has 200 valence electrons. The minimum Gasteiger partial charge on any atom is -0.487 e. The summed E-state index contributed by atoms with van der Waals surface area (Å²) in [5.41, 5.74) is 6.34. The van der Waals surface area contributed by atoms with Crippen LogP contribution in [0.3, 0.4) is 0 Å². The van der Waals surface area contributed by atoms with Crippen molar-refractivity contribution in [2.75, 3.05) is 64.3 Å². The molecule has 0 spiro atoms. The van der Waals surface area contributed by atoms with Gasteiger partial charge in [-0.1, -0.05) is 6.07 Å². The van der Waals surface area contributed by atoms with Gasteiger partial charge in [-0.2, -0.15) is 0 Å². The molecule has 3 heterocycles. The summed E-state index contributed by atoms with van der Waals surface area (Å²) in [5.74, 6) is -1.06. The quantitative estimate of drug-likeness (QED) is 0.496. The van der Waals surface area contributed by atoms with E-state index in [1.54, 1.807) is 38.4 Å². The minimum absolute atomic E-state index is 0.0909. The van der Waals surface area contributed by atoms with Crippen LogP contribution in [0.1, 0.15) is 33.7 Å². The summed E-state index contributed by atoms with van der Waals surface area (Å²) in [5, 5.41) is 0.0909. The van der Waals surface area contributed by atoms with Crippen molar-refractivity contribution in [2.45, 2.75) is 13.0 Å². The summed E-state index contributed by atoms with van der Waals surface area (Å²) in [6, 6.07) is 7.68. The predicted molar refractivity (Wildman–Crippen MR) is 144 cm³/mol. The highest BCUT2D eigenvalue weighted by Gasteiger charge is 2.31. The molecule has 1 unspecified atom stereocenters. The summed E-state index contributed by atoms with van der Waals surface area (Å²) in [6.07, 6.45) is 1.51. The number of carbonyl (C=O) groups excluding carboxylic acids is 2. The molecular weight excluding hydrogens is 491 g/mol. The second-order valence-corrected chi connectivity index (χ2v) is 10.0. The van der Waals surface area contributed by atoms with E-state index in [1.807, 2.05) is 23.4 Å². The van der Waals surface area contributed by atoms with Gasteiger partial charge in [0.2, 0.25) is 5.43 Å². The van der Waals surface area contributed by atoms with Gasteiger partial charge in [-0.15, -0.1) is 0 Å². The molecule has 0 radical (unpaired) electrons. The number of nitrogens with one attached hydrogen (secondary N) is 2. The first kappa shape index (κ1) is 25.5. The number of halogens is 1. The van der Waals surface area contributed by atoms with Gasteiger partial charge in [0.25, 0.3) is 11.8 Å². The maximum atomic E-state index is 15.5. The molecule has 0 aliphatic carbocycles. The highest BCUT2D eigenvalue weighted by molar-refractivity contribution is 6.00. The number of hydrazine groups is 1. The van der Waals surface area contributed by atoms with Crippen molar-refractivity contribution in [1.82, 2.24) is 19.8 Å². The van der Waals surface area contributed by atoms with Crippen molar-refractivity contribution in [3.8, 4) is 5.75 Å². The Morgan fingerprint density at radius 1 is 1.13 bits per heavy atom. The minimum atomic E-state index is -0.672. The number of nitrogens with zero attached hydrogens (tertiary/aromatic N) is 4. The summed E-state index contributed by atoms with van der Waals surface area (Å²) >= 11 is 0. The van der Waals surface area contributed by atoms with Gasteiger partial charge < -0.3 is 24.0 Å². The summed E-state index contributed by atoms with van der Waals surface area (Å²) in [4.78, 5) is 44.4. The Labute approximate surface area is 219 Å². The van der Waals surface area contributed by atoms with Gasteiger partial charge in [-0.05, 0) is 38.2 Å². The van der Waals surface area contributed by atoms with E-state index in [0.717, 1.165) is 13.1 Å². The number of likely N-dealkylation sites (N-methyl/N-ethyl adjacent to an activating group) is 1. The third-order valence-corrected chi connectivity index (χ3v) is 7.04. The van der Waals surface area contributed by atoms with Crippen LogP contribution in [0.2, 0.25) is 0 Å². The molecule has 11 heteroatoms. The average Bonchev–Trinajstić information content (AvgIpc) is 2.90. The molecule has 2 aliphatic heterocycles. The van der Waals surface area contributed by atoms with E-state index in [0.29, 0.717) is 41.3 Å². The molecule has 38 heavy (non-hydrogen) atoms. The molecule has 1 aromatic heterocycles. The molecule has 1 fully saturated rings. The maximum Gasteiger partial charge on any atom is 0.275 e. The Morgan fingerprint density at radius 3 is 2.58 bits per heavy atom. The average molecular weight is 523 g/mol. The van der Waals surface area contributed by atoms with Crippen LogP contribution in [0.4, 0.5) is 15.8 Å². The largest absolute Gasteiger partial charge is 0.487 e. The lowest BCUT2D eigenvalue weighted by atomic mass is 10.0. The van der Waals surface area contributed by atoms with Gasteiger partial charge in [0.05, 0.1) is 22.6 Å². The van der Waals surface area contributed by atoms with Crippen molar-refractivity contribution in [2.24, 2.45) is 0 Å². The number of pyridine rings is 1. The van der Waals surface area contributed by atoms with Gasteiger partial charge >= 0.3 is 0 Å². The number of piperazine rings is 1. The van der Waals surface area contributed by atoms with Crippen LogP contribution in [-0.4, -0.2) is 80.1 Å². The van der Waals surface area contributed by atoms with Crippen molar-refractivity contribution in [1.29, 1.82) is 0 Å². The summed E-state index contributed by atoms with van der Waals surface area (Å²) in [6.45, 7) is 5.06. The Hall–Kier alpha value is -4.12. The molecular formula is C27H31FN6O4. The number of amides is 2. The van der Waals surface area contributed by atoms with Crippen LogP contribution < -0.4 is 25.9 Å². The third-order valence-electron chi connectivity index (χ3n) is 7.04. The van der Waals surface area contributed by atoms with Gasteiger partial charge in [0.1, 0.15) is 17.9 Å². The molecule has 3 aromatic rings. The molecule has 2 amide bonds. The van der Waals surface area contributed by atoms with E-state index >= 15 is 4.39 Å². The van der Waals surface area contributed by atoms with Gasteiger partial charge in [0, 0.05) is 52.0 Å². The van der Waals surface area contributed by atoms with E-state index in [9.17, 15) is 14.4 Å². The number of aromatic nitrogens is 1. The molecule has 2 aliphatic rings. The van der Waals surface area contributed by atoms with Gasteiger partial charge in [-0.25, -0.2) is 4.39 Å². The van der Waals surface area contributed by atoms with E-state index in [2.05, 4.69) is 15.8 Å². The fourth-order valence-electron chi connectivity index (χ4n) is 4.88. The molecule has 5 rings (SSSR count).